The van der Waals surface area contributed by atoms with E-state index in [1.165, 1.54) is 16.8 Å². The Balaban J connectivity index is 1.67. The van der Waals surface area contributed by atoms with Gasteiger partial charge in [0.15, 0.2) is 12.3 Å². The van der Waals surface area contributed by atoms with Gasteiger partial charge in [-0.2, -0.15) is 10.1 Å². The van der Waals surface area contributed by atoms with E-state index in [4.69, 9.17) is 14.0 Å². The van der Waals surface area contributed by atoms with Gasteiger partial charge < -0.3 is 14.0 Å². The minimum absolute atomic E-state index is 0.0376. The van der Waals surface area contributed by atoms with Crippen molar-refractivity contribution in [1.29, 1.82) is 0 Å². The van der Waals surface area contributed by atoms with Crippen molar-refractivity contribution in [2.75, 3.05) is 7.11 Å². The first-order chi connectivity index (χ1) is 13.1. The molecule has 0 bridgehead atoms. The van der Waals surface area contributed by atoms with Gasteiger partial charge in [0.1, 0.15) is 5.75 Å². The summed E-state index contributed by atoms with van der Waals surface area (Å²) in [5.41, 5.74) is 0.479. The highest BCUT2D eigenvalue weighted by molar-refractivity contribution is 5.86. The number of esters is 1. The fourth-order valence-electron chi connectivity index (χ4n) is 2.32. The van der Waals surface area contributed by atoms with E-state index in [1.54, 1.807) is 25.3 Å². The number of carbonyl (C=O) groups is 1. The Kier molecular flexibility index (Phi) is 5.60. The zero-order chi connectivity index (χ0) is 19.2. The standard InChI is InChI=1S/C18H18N4O5/c1-3-9-22-16(23)8-7-14(20-22)18(24)26-11-15-19-17(21-27-15)12-5-4-6-13(10-12)25-2/h4-8,10H,3,9,11H2,1-2H3. The molecule has 0 saturated heterocycles. The number of hydrogen-bond acceptors (Lipinski definition) is 8. The lowest BCUT2D eigenvalue weighted by Crippen LogP contribution is -2.24. The molecular weight excluding hydrogens is 352 g/mol. The molecule has 9 heteroatoms. The second kappa shape index (κ2) is 8.26. The summed E-state index contributed by atoms with van der Waals surface area (Å²) in [7, 11) is 1.57. The quantitative estimate of drug-likeness (QED) is 0.581. The molecule has 0 unspecified atom stereocenters. The molecule has 9 nitrogen and oxygen atoms in total. The Hall–Kier alpha value is -3.49. The zero-order valence-electron chi connectivity index (χ0n) is 14.9. The first-order valence-corrected chi connectivity index (χ1v) is 8.33. The van der Waals surface area contributed by atoms with Crippen molar-refractivity contribution in [2.45, 2.75) is 26.5 Å². The molecule has 3 rings (SSSR count). The summed E-state index contributed by atoms with van der Waals surface area (Å²) < 4.78 is 16.6. The van der Waals surface area contributed by atoms with Crippen LogP contribution in [0.1, 0.15) is 29.7 Å². The van der Waals surface area contributed by atoms with Gasteiger partial charge in [-0.05, 0) is 24.6 Å². The van der Waals surface area contributed by atoms with Crippen LogP contribution in [0.25, 0.3) is 11.4 Å². The van der Waals surface area contributed by atoms with Crippen molar-refractivity contribution in [3.05, 3.63) is 58.3 Å². The number of carbonyl (C=O) groups excluding carboxylic acids is 1. The van der Waals surface area contributed by atoms with Gasteiger partial charge in [-0.15, -0.1) is 0 Å². The van der Waals surface area contributed by atoms with E-state index in [0.717, 1.165) is 6.42 Å². The van der Waals surface area contributed by atoms with Crippen molar-refractivity contribution < 1.29 is 18.8 Å². The van der Waals surface area contributed by atoms with Gasteiger partial charge in [0.2, 0.25) is 5.82 Å². The normalized spacial score (nSPS) is 10.6. The molecule has 3 aromatic rings. The third-order valence-electron chi connectivity index (χ3n) is 3.63. The third-order valence-corrected chi connectivity index (χ3v) is 3.63. The lowest BCUT2D eigenvalue weighted by Gasteiger charge is -2.05. The molecule has 0 aliphatic rings. The van der Waals surface area contributed by atoms with Crippen LogP contribution in [-0.4, -0.2) is 33.0 Å². The fourth-order valence-corrected chi connectivity index (χ4v) is 2.32. The van der Waals surface area contributed by atoms with Crippen molar-refractivity contribution in [1.82, 2.24) is 19.9 Å². The van der Waals surface area contributed by atoms with Crippen LogP contribution in [0.3, 0.4) is 0 Å². The molecule has 0 N–H and O–H groups in total. The van der Waals surface area contributed by atoms with E-state index in [2.05, 4.69) is 15.2 Å². The first-order valence-electron chi connectivity index (χ1n) is 8.33. The van der Waals surface area contributed by atoms with Crippen LogP contribution in [-0.2, 0) is 17.9 Å². The Morgan fingerprint density at radius 3 is 2.89 bits per heavy atom. The van der Waals surface area contributed by atoms with Gasteiger partial charge in [0.05, 0.1) is 7.11 Å². The highest BCUT2D eigenvalue weighted by Crippen LogP contribution is 2.21. The third kappa shape index (κ3) is 4.38. The molecule has 0 saturated carbocycles. The van der Waals surface area contributed by atoms with Crippen LogP contribution in [0.5, 0.6) is 5.75 Å². The van der Waals surface area contributed by atoms with Crippen molar-refractivity contribution in [3.8, 4) is 17.1 Å². The van der Waals surface area contributed by atoms with Gasteiger partial charge in [-0.1, -0.05) is 24.2 Å². The largest absolute Gasteiger partial charge is 0.497 e. The maximum absolute atomic E-state index is 12.1. The van der Waals surface area contributed by atoms with Crippen molar-refractivity contribution >= 4 is 5.97 Å². The summed E-state index contributed by atoms with van der Waals surface area (Å²) in [6, 6.07) is 9.79. The molecule has 0 amide bonds. The number of nitrogens with zero attached hydrogens (tertiary/aromatic N) is 4. The molecule has 2 heterocycles. The number of benzene rings is 1. The lowest BCUT2D eigenvalue weighted by molar-refractivity contribution is 0.0419. The predicted molar refractivity (Wildman–Crippen MR) is 94.2 cm³/mol. The SMILES string of the molecule is CCCn1nc(C(=O)OCc2nc(-c3cccc(OC)c3)no2)ccc1=O. The number of hydrogen-bond donors (Lipinski definition) is 0. The molecule has 0 radical (unpaired) electrons. The summed E-state index contributed by atoms with van der Waals surface area (Å²) in [6.07, 6.45) is 0.723. The highest BCUT2D eigenvalue weighted by atomic mass is 16.6. The van der Waals surface area contributed by atoms with Crippen LogP contribution in [0.2, 0.25) is 0 Å². The maximum atomic E-state index is 12.1. The van der Waals surface area contributed by atoms with Crippen LogP contribution in [0.15, 0.2) is 45.7 Å². The summed E-state index contributed by atoms with van der Waals surface area (Å²) >= 11 is 0. The molecule has 0 aliphatic heterocycles. The molecule has 140 valence electrons. The Labute approximate surface area is 154 Å². The second-order valence-corrected chi connectivity index (χ2v) is 5.60. The minimum Gasteiger partial charge on any atom is -0.497 e. The number of aromatic nitrogens is 4. The highest BCUT2D eigenvalue weighted by Gasteiger charge is 2.15. The lowest BCUT2D eigenvalue weighted by atomic mass is 10.2. The Morgan fingerprint density at radius 1 is 1.26 bits per heavy atom. The van der Waals surface area contributed by atoms with Crippen LogP contribution in [0.4, 0.5) is 0 Å². The van der Waals surface area contributed by atoms with Gasteiger partial charge in [0, 0.05) is 18.2 Å². The zero-order valence-corrected chi connectivity index (χ0v) is 14.9. The minimum atomic E-state index is -0.680. The van der Waals surface area contributed by atoms with E-state index in [0.29, 0.717) is 23.7 Å². The summed E-state index contributed by atoms with van der Waals surface area (Å²) in [4.78, 5) is 28.0. The first kappa shape index (κ1) is 18.3. The molecular formula is C18H18N4O5. The number of aryl methyl sites for hydroxylation is 1. The van der Waals surface area contributed by atoms with E-state index in [-0.39, 0.29) is 23.8 Å². The van der Waals surface area contributed by atoms with Gasteiger partial charge in [-0.25, -0.2) is 9.48 Å². The van der Waals surface area contributed by atoms with Crippen LogP contribution < -0.4 is 10.3 Å². The summed E-state index contributed by atoms with van der Waals surface area (Å²) in [5.74, 6) is 0.483. The molecule has 2 aromatic heterocycles. The molecule has 0 spiro atoms. The monoisotopic (exact) mass is 370 g/mol. The second-order valence-electron chi connectivity index (χ2n) is 5.60. The average molecular weight is 370 g/mol. The summed E-state index contributed by atoms with van der Waals surface area (Å²) in [5, 5.41) is 7.86. The topological polar surface area (TPSA) is 109 Å². The number of ether oxygens (including phenoxy) is 2. The van der Waals surface area contributed by atoms with Gasteiger partial charge in [0.25, 0.3) is 11.4 Å². The van der Waals surface area contributed by atoms with Crippen molar-refractivity contribution in [3.63, 3.8) is 0 Å². The molecule has 1 aromatic carbocycles. The van der Waals surface area contributed by atoms with Crippen molar-refractivity contribution in [2.24, 2.45) is 0 Å². The molecule has 0 aliphatic carbocycles. The van der Waals surface area contributed by atoms with Gasteiger partial charge in [-0.3, -0.25) is 4.79 Å². The fraction of sp³-hybridized carbons (Fsp3) is 0.278. The van der Waals surface area contributed by atoms with E-state index in [9.17, 15) is 9.59 Å². The molecule has 0 fully saturated rings. The predicted octanol–water partition coefficient (Wildman–Crippen LogP) is 2.07. The number of methoxy groups -OCH3 is 1. The van der Waals surface area contributed by atoms with Crippen LogP contribution >= 0.6 is 0 Å². The molecule has 27 heavy (non-hydrogen) atoms. The Morgan fingerprint density at radius 2 is 2.11 bits per heavy atom. The smallest absolute Gasteiger partial charge is 0.359 e. The average Bonchev–Trinajstić information content (AvgIpc) is 3.17. The van der Waals surface area contributed by atoms with E-state index < -0.39 is 5.97 Å². The van der Waals surface area contributed by atoms with E-state index >= 15 is 0 Å². The number of rotatable bonds is 7. The van der Waals surface area contributed by atoms with Crippen LogP contribution in [0, 0.1) is 0 Å². The Bertz CT molecular complexity index is 995. The van der Waals surface area contributed by atoms with Gasteiger partial charge >= 0.3 is 5.97 Å². The van der Waals surface area contributed by atoms with E-state index in [1.807, 2.05) is 13.0 Å². The molecule has 0 atom stereocenters. The summed E-state index contributed by atoms with van der Waals surface area (Å²) in [6.45, 7) is 2.13. The maximum Gasteiger partial charge on any atom is 0.359 e.